The number of carbonyl (C=O) groups excluding carboxylic acids is 1. The van der Waals surface area contributed by atoms with E-state index in [1.807, 2.05) is 0 Å². The number of aromatic nitrogens is 4. The smallest absolute Gasteiger partial charge is 0.354 e. The summed E-state index contributed by atoms with van der Waals surface area (Å²) in [4.78, 5) is 28.7. The molecule has 7 nitrogen and oxygen atoms in total. The largest absolute Gasteiger partial charge is 0.417 e. The van der Waals surface area contributed by atoms with Crippen molar-refractivity contribution in [2.24, 2.45) is 0 Å². The molecule has 0 atom stereocenters. The second kappa shape index (κ2) is 8.77. The number of carbonyl (C=O) groups is 1. The Labute approximate surface area is 184 Å². The van der Waals surface area contributed by atoms with Crippen LogP contribution >= 0.6 is 0 Å². The van der Waals surface area contributed by atoms with Gasteiger partial charge in [0.25, 0.3) is 5.91 Å². The number of amides is 1. The molecule has 11 heteroatoms. The van der Waals surface area contributed by atoms with Crippen molar-refractivity contribution in [3.05, 3.63) is 71.7 Å². The van der Waals surface area contributed by atoms with Crippen LogP contribution in [0.4, 0.5) is 29.1 Å². The van der Waals surface area contributed by atoms with Gasteiger partial charge in [-0.15, -0.1) is 0 Å². The molecule has 0 aliphatic rings. The van der Waals surface area contributed by atoms with Crippen LogP contribution in [0.15, 0.2) is 54.9 Å². The van der Waals surface area contributed by atoms with Gasteiger partial charge in [-0.05, 0) is 36.4 Å². The average Bonchev–Trinajstić information content (AvgIpc) is 2.82. The molecular weight excluding hydrogens is 440 g/mol. The Balaban J connectivity index is 1.70. The second-order valence-corrected chi connectivity index (χ2v) is 6.90. The molecule has 0 aromatic carbocycles. The number of anilines is 2. The molecule has 0 bridgehead atoms. The summed E-state index contributed by atoms with van der Waals surface area (Å²) in [7, 11) is 1.46. The van der Waals surface area contributed by atoms with Gasteiger partial charge in [-0.2, -0.15) is 13.2 Å². The van der Waals surface area contributed by atoms with Crippen LogP contribution in [0.25, 0.3) is 22.4 Å². The number of halogens is 4. The first-order chi connectivity index (χ1) is 15.8. The fraction of sp³-hybridized carbons (Fsp3) is 0.136. The van der Waals surface area contributed by atoms with Gasteiger partial charge in [0, 0.05) is 30.4 Å². The minimum Gasteiger partial charge on any atom is -0.354 e. The molecule has 0 aliphatic heterocycles. The van der Waals surface area contributed by atoms with Crippen molar-refractivity contribution in [1.29, 1.82) is 0 Å². The molecule has 4 aromatic heterocycles. The lowest BCUT2D eigenvalue weighted by Crippen LogP contribution is -2.19. The standard InChI is InChI=1S/C22H16F4N6O/c1-27-21(33)17-5-2-12(10-23)19(31-17)16-6-4-14-15(8-9-28-20(14)32-16)30-18-7-3-13(11-29-18)22(24,25)26/h2-9,11H,10H2,1H3,(H,27,33)(H,28,29,30,32). The maximum Gasteiger partial charge on any atom is 0.417 e. The summed E-state index contributed by atoms with van der Waals surface area (Å²) < 4.78 is 51.8. The van der Waals surface area contributed by atoms with Crippen LogP contribution in [0.3, 0.4) is 0 Å². The van der Waals surface area contributed by atoms with E-state index in [2.05, 4.69) is 30.6 Å². The van der Waals surface area contributed by atoms with Gasteiger partial charge in [0.1, 0.15) is 18.2 Å². The molecule has 2 N–H and O–H groups in total. The van der Waals surface area contributed by atoms with Gasteiger partial charge in [0.05, 0.1) is 22.6 Å². The number of nitrogens with one attached hydrogen (secondary N) is 2. The van der Waals surface area contributed by atoms with Crippen LogP contribution in [0, 0.1) is 0 Å². The molecule has 0 unspecified atom stereocenters. The summed E-state index contributed by atoms with van der Waals surface area (Å²) in [5, 5.41) is 5.98. The lowest BCUT2D eigenvalue weighted by atomic mass is 10.1. The van der Waals surface area contributed by atoms with Gasteiger partial charge in [-0.25, -0.2) is 24.3 Å². The number of alkyl halides is 4. The molecule has 0 radical (unpaired) electrons. The molecule has 0 fully saturated rings. The van der Waals surface area contributed by atoms with Crippen LogP contribution in [-0.2, 0) is 12.9 Å². The third kappa shape index (κ3) is 4.56. The number of rotatable bonds is 5. The summed E-state index contributed by atoms with van der Waals surface area (Å²) >= 11 is 0. The van der Waals surface area contributed by atoms with Crippen molar-refractivity contribution in [3.63, 3.8) is 0 Å². The predicted molar refractivity (Wildman–Crippen MR) is 113 cm³/mol. The van der Waals surface area contributed by atoms with Crippen LogP contribution < -0.4 is 10.6 Å². The average molecular weight is 456 g/mol. The van der Waals surface area contributed by atoms with Crippen molar-refractivity contribution in [2.75, 3.05) is 12.4 Å². The van der Waals surface area contributed by atoms with E-state index in [1.165, 1.54) is 31.4 Å². The number of nitrogens with zero attached hydrogens (tertiary/aromatic N) is 4. The lowest BCUT2D eigenvalue weighted by molar-refractivity contribution is -0.137. The van der Waals surface area contributed by atoms with E-state index in [0.29, 0.717) is 22.4 Å². The van der Waals surface area contributed by atoms with Crippen molar-refractivity contribution in [1.82, 2.24) is 25.3 Å². The topological polar surface area (TPSA) is 92.7 Å². The number of fused-ring (bicyclic) bond motifs is 1. The van der Waals surface area contributed by atoms with Crippen LogP contribution in [-0.4, -0.2) is 32.9 Å². The fourth-order valence-corrected chi connectivity index (χ4v) is 3.12. The second-order valence-electron chi connectivity index (χ2n) is 6.90. The molecule has 1 amide bonds. The highest BCUT2D eigenvalue weighted by atomic mass is 19.4. The molecule has 0 saturated carbocycles. The van der Waals surface area contributed by atoms with E-state index in [9.17, 15) is 22.4 Å². The molecule has 4 aromatic rings. The van der Waals surface area contributed by atoms with E-state index in [1.54, 1.807) is 18.2 Å². The fourth-order valence-electron chi connectivity index (χ4n) is 3.12. The highest BCUT2D eigenvalue weighted by molar-refractivity contribution is 5.93. The SMILES string of the molecule is CNC(=O)c1ccc(CF)c(-c2ccc3c(Nc4ccc(C(F)(F)F)cn4)ccnc3n2)n1. The van der Waals surface area contributed by atoms with Gasteiger partial charge >= 0.3 is 6.18 Å². The monoisotopic (exact) mass is 456 g/mol. The number of hydrogen-bond donors (Lipinski definition) is 2. The van der Waals surface area contributed by atoms with Crippen molar-refractivity contribution in [3.8, 4) is 11.4 Å². The maximum atomic E-state index is 13.5. The summed E-state index contributed by atoms with van der Waals surface area (Å²) in [6.45, 7) is -0.801. The quantitative estimate of drug-likeness (QED) is 0.424. The van der Waals surface area contributed by atoms with E-state index >= 15 is 0 Å². The Morgan fingerprint density at radius 3 is 2.48 bits per heavy atom. The van der Waals surface area contributed by atoms with E-state index in [-0.39, 0.29) is 22.8 Å². The van der Waals surface area contributed by atoms with E-state index in [0.717, 1.165) is 12.3 Å². The molecule has 4 heterocycles. The number of pyridine rings is 4. The van der Waals surface area contributed by atoms with Crippen LogP contribution in [0.2, 0.25) is 0 Å². The molecule has 0 saturated heterocycles. The molecule has 168 valence electrons. The van der Waals surface area contributed by atoms with Crippen molar-refractivity contribution in [2.45, 2.75) is 12.9 Å². The maximum absolute atomic E-state index is 13.5. The number of hydrogen-bond acceptors (Lipinski definition) is 6. The highest BCUT2D eigenvalue weighted by Crippen LogP contribution is 2.31. The Morgan fingerprint density at radius 1 is 1.00 bits per heavy atom. The summed E-state index contributed by atoms with van der Waals surface area (Å²) in [6, 6.07) is 9.95. The molecule has 0 spiro atoms. The highest BCUT2D eigenvalue weighted by Gasteiger charge is 2.30. The van der Waals surface area contributed by atoms with E-state index in [4.69, 9.17) is 0 Å². The first-order valence-corrected chi connectivity index (χ1v) is 9.64. The van der Waals surface area contributed by atoms with Gasteiger partial charge in [-0.3, -0.25) is 4.79 Å². The lowest BCUT2D eigenvalue weighted by Gasteiger charge is -2.12. The third-order valence-corrected chi connectivity index (χ3v) is 4.78. The zero-order valence-corrected chi connectivity index (χ0v) is 17.1. The molecule has 0 aliphatic carbocycles. The minimum absolute atomic E-state index is 0.114. The predicted octanol–water partition coefficient (Wildman–Crippen LogP) is 4.68. The zero-order valence-electron chi connectivity index (χ0n) is 17.1. The summed E-state index contributed by atoms with van der Waals surface area (Å²) in [5.74, 6) is -0.213. The Bertz CT molecular complexity index is 1330. The zero-order chi connectivity index (χ0) is 23.6. The first kappa shape index (κ1) is 22.1. The Morgan fingerprint density at radius 2 is 1.82 bits per heavy atom. The van der Waals surface area contributed by atoms with Gasteiger partial charge in [-0.1, -0.05) is 6.07 Å². The van der Waals surface area contributed by atoms with Crippen molar-refractivity contribution >= 4 is 28.4 Å². The molecular formula is C22H16F4N6O. The van der Waals surface area contributed by atoms with Gasteiger partial charge < -0.3 is 10.6 Å². The Hall–Kier alpha value is -4.15. The molecule has 4 rings (SSSR count). The third-order valence-electron chi connectivity index (χ3n) is 4.78. The minimum atomic E-state index is -4.48. The van der Waals surface area contributed by atoms with Crippen molar-refractivity contribution < 1.29 is 22.4 Å². The summed E-state index contributed by atoms with van der Waals surface area (Å²) in [6.07, 6.45) is -2.27. The van der Waals surface area contributed by atoms with E-state index < -0.39 is 24.3 Å². The normalized spacial score (nSPS) is 11.4. The summed E-state index contributed by atoms with van der Waals surface area (Å²) in [5.41, 5.74) is 0.865. The van der Waals surface area contributed by atoms with Gasteiger partial charge in [0.15, 0.2) is 5.65 Å². The van der Waals surface area contributed by atoms with Crippen LogP contribution in [0.1, 0.15) is 21.6 Å². The van der Waals surface area contributed by atoms with Crippen LogP contribution in [0.5, 0.6) is 0 Å². The first-order valence-electron chi connectivity index (χ1n) is 9.64. The molecule has 33 heavy (non-hydrogen) atoms. The Kier molecular flexibility index (Phi) is 5.86. The van der Waals surface area contributed by atoms with Gasteiger partial charge in [0.2, 0.25) is 0 Å².